The van der Waals surface area contributed by atoms with Crippen LogP contribution in [0.4, 0.5) is 0 Å². The molecule has 0 saturated heterocycles. The van der Waals surface area contributed by atoms with Crippen molar-refractivity contribution in [3.05, 3.63) is 21.9 Å². The van der Waals surface area contributed by atoms with Gasteiger partial charge in [-0.2, -0.15) is 0 Å². The van der Waals surface area contributed by atoms with Gasteiger partial charge >= 0.3 is 0 Å². The molecule has 1 aromatic heterocycles. The molecule has 0 saturated carbocycles. The van der Waals surface area contributed by atoms with Crippen LogP contribution in [0.5, 0.6) is 0 Å². The minimum atomic E-state index is -0.0273. The number of rotatable bonds is 6. The fraction of sp³-hybridized carbons (Fsp3) is 0.667. The first kappa shape index (κ1) is 12.7. The summed E-state index contributed by atoms with van der Waals surface area (Å²) in [7, 11) is 0. The van der Waals surface area contributed by atoms with Crippen molar-refractivity contribution < 1.29 is 0 Å². The predicted molar refractivity (Wildman–Crippen MR) is 68.3 cm³/mol. The fourth-order valence-electron chi connectivity index (χ4n) is 1.46. The van der Waals surface area contributed by atoms with Crippen LogP contribution >= 0.6 is 11.3 Å². The fourth-order valence-corrected chi connectivity index (χ4v) is 2.33. The van der Waals surface area contributed by atoms with Crippen molar-refractivity contribution in [1.29, 1.82) is 0 Å². The highest BCUT2D eigenvalue weighted by Gasteiger charge is 2.09. The number of hydrogen-bond acceptors (Lipinski definition) is 3. The van der Waals surface area contributed by atoms with Crippen molar-refractivity contribution in [2.75, 3.05) is 6.54 Å². The molecule has 0 bridgehead atoms. The van der Waals surface area contributed by atoms with Gasteiger partial charge in [0, 0.05) is 17.0 Å². The molecule has 1 heterocycles. The molecule has 86 valence electrons. The van der Waals surface area contributed by atoms with Gasteiger partial charge in [0.05, 0.1) is 0 Å². The molecule has 1 aromatic rings. The second-order valence-electron chi connectivity index (χ2n) is 4.80. The minimum Gasteiger partial charge on any atom is -0.326 e. The second-order valence-corrected chi connectivity index (χ2v) is 5.80. The van der Waals surface area contributed by atoms with Gasteiger partial charge in [0.2, 0.25) is 0 Å². The molecule has 0 aliphatic heterocycles. The lowest BCUT2D eigenvalue weighted by Crippen LogP contribution is -2.32. The van der Waals surface area contributed by atoms with Crippen molar-refractivity contribution in [2.24, 2.45) is 5.73 Å². The Morgan fingerprint density at radius 2 is 2.20 bits per heavy atom. The lowest BCUT2D eigenvalue weighted by molar-refractivity contribution is 0.448. The van der Waals surface area contributed by atoms with E-state index in [1.54, 1.807) is 0 Å². The molecule has 0 spiro atoms. The Hall–Kier alpha value is -0.380. The zero-order valence-electron chi connectivity index (χ0n) is 9.97. The monoisotopic (exact) mass is 226 g/mol. The van der Waals surface area contributed by atoms with E-state index >= 15 is 0 Å². The van der Waals surface area contributed by atoms with Crippen LogP contribution in [0.2, 0.25) is 0 Å². The van der Waals surface area contributed by atoms with E-state index in [2.05, 4.69) is 37.5 Å². The van der Waals surface area contributed by atoms with Crippen LogP contribution in [0.3, 0.4) is 0 Å². The van der Waals surface area contributed by atoms with E-state index in [0.717, 1.165) is 25.9 Å². The minimum absolute atomic E-state index is 0.0273. The summed E-state index contributed by atoms with van der Waals surface area (Å²) in [6, 6.07) is 2.17. The summed E-state index contributed by atoms with van der Waals surface area (Å²) in [5.41, 5.74) is 7.28. The number of thiophene rings is 1. The van der Waals surface area contributed by atoms with Crippen molar-refractivity contribution in [2.45, 2.75) is 45.7 Å². The second kappa shape index (κ2) is 5.64. The van der Waals surface area contributed by atoms with Crippen molar-refractivity contribution >= 4 is 11.3 Å². The highest BCUT2D eigenvalue weighted by atomic mass is 32.1. The smallest absolute Gasteiger partial charge is 0.0302 e. The first-order chi connectivity index (χ1) is 6.99. The van der Waals surface area contributed by atoms with Gasteiger partial charge in [-0.1, -0.05) is 0 Å². The largest absolute Gasteiger partial charge is 0.326 e. The number of nitrogens with two attached hydrogens (primary N) is 1. The molecule has 0 aromatic carbocycles. The molecular formula is C12H22N2S. The lowest BCUT2D eigenvalue weighted by atomic mass is 10.0. The van der Waals surface area contributed by atoms with Gasteiger partial charge in [-0.3, -0.25) is 0 Å². The van der Waals surface area contributed by atoms with Crippen LogP contribution in [-0.2, 0) is 6.54 Å². The maximum atomic E-state index is 5.91. The van der Waals surface area contributed by atoms with E-state index in [1.807, 2.05) is 11.3 Å². The zero-order valence-corrected chi connectivity index (χ0v) is 10.8. The quantitative estimate of drug-likeness (QED) is 0.732. The normalized spacial score (nSPS) is 12.0. The average molecular weight is 226 g/mol. The summed E-state index contributed by atoms with van der Waals surface area (Å²) in [4.78, 5) is 1.45. The Labute approximate surface area is 96.9 Å². The van der Waals surface area contributed by atoms with Gasteiger partial charge in [-0.05, 0) is 57.2 Å². The summed E-state index contributed by atoms with van der Waals surface area (Å²) in [5, 5.41) is 5.60. The van der Waals surface area contributed by atoms with Crippen LogP contribution in [0.1, 0.15) is 37.1 Å². The van der Waals surface area contributed by atoms with Gasteiger partial charge in [0.1, 0.15) is 0 Å². The van der Waals surface area contributed by atoms with Crippen LogP contribution in [0.15, 0.2) is 11.4 Å². The van der Waals surface area contributed by atoms with Crippen LogP contribution in [0.25, 0.3) is 0 Å². The third-order valence-corrected chi connectivity index (χ3v) is 3.45. The van der Waals surface area contributed by atoms with Gasteiger partial charge < -0.3 is 11.1 Å². The molecule has 0 atom stereocenters. The Bertz CT molecular complexity index is 286. The van der Waals surface area contributed by atoms with Gasteiger partial charge in [0.15, 0.2) is 0 Å². The van der Waals surface area contributed by atoms with E-state index in [4.69, 9.17) is 5.73 Å². The summed E-state index contributed by atoms with van der Waals surface area (Å²) in [5.74, 6) is 0. The topological polar surface area (TPSA) is 38.0 Å². The van der Waals surface area contributed by atoms with Crippen molar-refractivity contribution in [3.8, 4) is 0 Å². The lowest BCUT2D eigenvalue weighted by Gasteiger charge is -2.17. The van der Waals surface area contributed by atoms with E-state index in [0.29, 0.717) is 0 Å². The van der Waals surface area contributed by atoms with Crippen LogP contribution in [-0.4, -0.2) is 12.1 Å². The van der Waals surface area contributed by atoms with E-state index in [1.165, 1.54) is 10.4 Å². The summed E-state index contributed by atoms with van der Waals surface area (Å²) in [6.07, 6.45) is 2.22. The first-order valence-corrected chi connectivity index (χ1v) is 6.39. The third kappa shape index (κ3) is 5.30. The number of hydrogen-bond donors (Lipinski definition) is 2. The molecule has 3 heteroatoms. The van der Waals surface area contributed by atoms with Crippen molar-refractivity contribution in [1.82, 2.24) is 5.32 Å². The molecule has 0 amide bonds. The highest BCUT2D eigenvalue weighted by molar-refractivity contribution is 7.10. The van der Waals surface area contributed by atoms with Crippen molar-refractivity contribution in [3.63, 3.8) is 0 Å². The molecule has 0 fully saturated rings. The van der Waals surface area contributed by atoms with Crippen LogP contribution < -0.4 is 11.1 Å². The third-order valence-electron chi connectivity index (χ3n) is 2.43. The van der Waals surface area contributed by atoms with Gasteiger partial charge in [-0.25, -0.2) is 0 Å². The van der Waals surface area contributed by atoms with Gasteiger partial charge in [0.25, 0.3) is 0 Å². The van der Waals surface area contributed by atoms with E-state index in [-0.39, 0.29) is 5.54 Å². The molecule has 3 N–H and O–H groups in total. The van der Waals surface area contributed by atoms with Crippen LogP contribution in [0, 0.1) is 6.92 Å². The summed E-state index contributed by atoms with van der Waals surface area (Å²) in [6.45, 7) is 8.37. The van der Waals surface area contributed by atoms with E-state index in [9.17, 15) is 0 Å². The molecule has 0 radical (unpaired) electrons. The Morgan fingerprint density at radius 1 is 1.47 bits per heavy atom. The van der Waals surface area contributed by atoms with Gasteiger partial charge in [-0.15, -0.1) is 11.3 Å². The molecular weight excluding hydrogens is 204 g/mol. The molecule has 1 rings (SSSR count). The number of aryl methyl sites for hydroxylation is 1. The summed E-state index contributed by atoms with van der Waals surface area (Å²) >= 11 is 1.83. The Morgan fingerprint density at radius 3 is 2.73 bits per heavy atom. The average Bonchev–Trinajstić information content (AvgIpc) is 2.49. The zero-order chi connectivity index (χ0) is 11.3. The molecule has 15 heavy (non-hydrogen) atoms. The standard InChI is InChI=1S/C12H22N2S/c1-10-5-8-15-11(10)9-14-7-4-6-12(2,3)13/h5,8,14H,4,6-7,9,13H2,1-3H3. The SMILES string of the molecule is Cc1ccsc1CNCCCC(C)(C)N. The maximum Gasteiger partial charge on any atom is 0.0302 e. The first-order valence-electron chi connectivity index (χ1n) is 5.51. The number of nitrogens with one attached hydrogen (secondary N) is 1. The molecule has 0 aliphatic rings. The maximum absolute atomic E-state index is 5.91. The Kier molecular flexibility index (Phi) is 4.77. The predicted octanol–water partition coefficient (Wildman–Crippen LogP) is 2.66. The highest BCUT2D eigenvalue weighted by Crippen LogP contribution is 2.14. The molecule has 2 nitrogen and oxygen atoms in total. The molecule has 0 aliphatic carbocycles. The molecule has 0 unspecified atom stereocenters. The Balaban J connectivity index is 2.10. The van der Waals surface area contributed by atoms with E-state index < -0.39 is 0 Å². The summed E-state index contributed by atoms with van der Waals surface area (Å²) < 4.78 is 0.